The Labute approximate surface area is 179 Å². The van der Waals surface area contributed by atoms with Crippen molar-refractivity contribution in [2.45, 2.75) is 13.0 Å². The lowest BCUT2D eigenvalue weighted by Gasteiger charge is -2.24. The quantitative estimate of drug-likeness (QED) is 0.364. The molecule has 2 aromatic carbocycles. The molecule has 1 atom stereocenters. The third kappa shape index (κ3) is 3.54. The Kier molecular flexibility index (Phi) is 5.49. The van der Waals surface area contributed by atoms with E-state index >= 15 is 0 Å². The van der Waals surface area contributed by atoms with E-state index in [-0.39, 0.29) is 11.3 Å². The van der Waals surface area contributed by atoms with Crippen molar-refractivity contribution < 1.29 is 28.6 Å². The van der Waals surface area contributed by atoms with Gasteiger partial charge in [-0.15, -0.1) is 0 Å². The van der Waals surface area contributed by atoms with Crippen LogP contribution in [0.5, 0.6) is 11.5 Å². The number of amides is 1. The number of aliphatic hydroxyl groups is 1. The van der Waals surface area contributed by atoms with Crippen molar-refractivity contribution in [1.82, 2.24) is 0 Å². The summed E-state index contributed by atoms with van der Waals surface area (Å²) in [5.74, 6) is -0.479. The average Bonchev–Trinajstić information content (AvgIpc) is 3.41. The number of rotatable bonds is 6. The molecule has 1 fully saturated rings. The second-order valence-electron chi connectivity index (χ2n) is 6.81. The highest BCUT2D eigenvalue weighted by atomic mass is 16.5. The summed E-state index contributed by atoms with van der Waals surface area (Å²) in [6.07, 6.45) is 1.45. The van der Waals surface area contributed by atoms with Gasteiger partial charge in [0.2, 0.25) is 0 Å². The summed E-state index contributed by atoms with van der Waals surface area (Å²) in [7, 11) is 1.48. The van der Waals surface area contributed by atoms with E-state index in [9.17, 15) is 14.7 Å². The molecule has 7 heteroatoms. The summed E-state index contributed by atoms with van der Waals surface area (Å²) in [6.45, 7) is 2.38. The molecule has 0 bridgehead atoms. The third-order valence-corrected chi connectivity index (χ3v) is 5.04. The first-order valence-electron chi connectivity index (χ1n) is 9.77. The number of carbonyl (C=O) groups excluding carboxylic acids is 2. The summed E-state index contributed by atoms with van der Waals surface area (Å²) < 4.78 is 16.4. The second-order valence-corrected chi connectivity index (χ2v) is 6.81. The zero-order valence-electron chi connectivity index (χ0n) is 17.1. The van der Waals surface area contributed by atoms with Gasteiger partial charge in [-0.1, -0.05) is 12.1 Å². The SMILES string of the molecule is CCOc1ccc(/C(O)=C2/C(=O)C(=O)N(c3ccccc3OC)C2c2ccco2)cc1. The van der Waals surface area contributed by atoms with Gasteiger partial charge in [0.05, 0.1) is 31.2 Å². The van der Waals surface area contributed by atoms with Gasteiger partial charge in [0.15, 0.2) is 0 Å². The number of ketones is 1. The van der Waals surface area contributed by atoms with Crippen molar-refractivity contribution >= 4 is 23.1 Å². The van der Waals surface area contributed by atoms with Gasteiger partial charge in [0.25, 0.3) is 11.7 Å². The van der Waals surface area contributed by atoms with Crippen LogP contribution in [0.25, 0.3) is 5.76 Å². The summed E-state index contributed by atoms with van der Waals surface area (Å²) in [5, 5.41) is 11.1. The van der Waals surface area contributed by atoms with Crippen LogP contribution in [0.3, 0.4) is 0 Å². The number of methoxy groups -OCH3 is 1. The molecule has 0 aliphatic carbocycles. The Morgan fingerprint density at radius 2 is 1.81 bits per heavy atom. The summed E-state index contributed by atoms with van der Waals surface area (Å²) >= 11 is 0. The van der Waals surface area contributed by atoms with Crippen molar-refractivity contribution in [1.29, 1.82) is 0 Å². The molecule has 1 unspecified atom stereocenters. The maximum Gasteiger partial charge on any atom is 0.300 e. The second kappa shape index (κ2) is 8.39. The van der Waals surface area contributed by atoms with Gasteiger partial charge in [-0.05, 0) is 55.5 Å². The normalized spacial score (nSPS) is 17.7. The predicted octanol–water partition coefficient (Wildman–Crippen LogP) is 4.31. The molecule has 1 N–H and O–H groups in total. The van der Waals surface area contributed by atoms with Crippen LogP contribution in [0.15, 0.2) is 76.9 Å². The summed E-state index contributed by atoms with van der Waals surface area (Å²) in [6, 6.07) is 15.9. The fourth-order valence-electron chi connectivity index (χ4n) is 3.66. The first-order chi connectivity index (χ1) is 15.1. The minimum absolute atomic E-state index is 0.0602. The van der Waals surface area contributed by atoms with E-state index in [2.05, 4.69) is 0 Å². The summed E-state index contributed by atoms with van der Waals surface area (Å²) in [5.41, 5.74) is 0.729. The minimum atomic E-state index is -0.946. The first-order valence-corrected chi connectivity index (χ1v) is 9.77. The number of furan rings is 1. The molecular weight excluding hydrogens is 398 g/mol. The Morgan fingerprint density at radius 1 is 1.06 bits per heavy atom. The molecule has 4 rings (SSSR count). The lowest BCUT2D eigenvalue weighted by Crippen LogP contribution is -2.29. The molecular formula is C24H21NO6. The van der Waals surface area contributed by atoms with Gasteiger partial charge in [-0.3, -0.25) is 14.5 Å². The van der Waals surface area contributed by atoms with E-state index in [1.807, 2.05) is 6.92 Å². The van der Waals surface area contributed by atoms with Crippen molar-refractivity contribution in [3.05, 3.63) is 83.8 Å². The number of nitrogens with zero attached hydrogens (tertiary/aromatic N) is 1. The maximum atomic E-state index is 13.1. The number of carbonyl (C=O) groups is 2. The number of benzene rings is 2. The molecule has 3 aromatic rings. The van der Waals surface area contributed by atoms with Crippen LogP contribution in [0.4, 0.5) is 5.69 Å². The molecule has 0 saturated carbocycles. The van der Waals surface area contributed by atoms with E-state index in [1.165, 1.54) is 18.3 Å². The van der Waals surface area contributed by atoms with Gasteiger partial charge in [0, 0.05) is 5.56 Å². The van der Waals surface area contributed by atoms with Crippen LogP contribution in [0.1, 0.15) is 24.3 Å². The Balaban J connectivity index is 1.88. The van der Waals surface area contributed by atoms with Crippen LogP contribution >= 0.6 is 0 Å². The van der Waals surface area contributed by atoms with Crippen LogP contribution in [-0.2, 0) is 9.59 Å². The minimum Gasteiger partial charge on any atom is -0.507 e. The molecule has 1 aromatic heterocycles. The molecule has 1 aliphatic rings. The van der Waals surface area contributed by atoms with Crippen LogP contribution < -0.4 is 14.4 Å². The monoisotopic (exact) mass is 419 g/mol. The number of aliphatic hydroxyl groups excluding tert-OH is 1. The number of anilines is 1. The largest absolute Gasteiger partial charge is 0.507 e. The van der Waals surface area contributed by atoms with E-state index in [0.717, 1.165) is 0 Å². The van der Waals surface area contributed by atoms with Gasteiger partial charge in [-0.2, -0.15) is 0 Å². The molecule has 2 heterocycles. The van der Waals surface area contributed by atoms with Crippen molar-refractivity contribution in [2.24, 2.45) is 0 Å². The molecule has 7 nitrogen and oxygen atoms in total. The molecule has 1 amide bonds. The molecule has 1 saturated heterocycles. The highest BCUT2D eigenvalue weighted by Gasteiger charge is 2.49. The lowest BCUT2D eigenvalue weighted by molar-refractivity contribution is -0.132. The number of hydrogen-bond acceptors (Lipinski definition) is 6. The smallest absolute Gasteiger partial charge is 0.300 e. The van der Waals surface area contributed by atoms with Crippen molar-refractivity contribution in [3.8, 4) is 11.5 Å². The fraction of sp³-hybridized carbons (Fsp3) is 0.167. The molecule has 158 valence electrons. The molecule has 31 heavy (non-hydrogen) atoms. The topological polar surface area (TPSA) is 89.2 Å². The van der Waals surface area contributed by atoms with Crippen molar-refractivity contribution in [3.63, 3.8) is 0 Å². The molecule has 0 radical (unpaired) electrons. The van der Waals surface area contributed by atoms with E-state index in [4.69, 9.17) is 13.9 Å². The van der Waals surface area contributed by atoms with Gasteiger partial charge in [0.1, 0.15) is 29.1 Å². The molecule has 1 aliphatic heterocycles. The highest BCUT2D eigenvalue weighted by molar-refractivity contribution is 6.51. The van der Waals surface area contributed by atoms with Gasteiger partial charge >= 0.3 is 0 Å². The Hall–Kier alpha value is -4.00. The van der Waals surface area contributed by atoms with Gasteiger partial charge < -0.3 is 19.0 Å². The zero-order valence-corrected chi connectivity index (χ0v) is 17.1. The maximum absolute atomic E-state index is 13.1. The van der Waals surface area contributed by atoms with E-state index < -0.39 is 17.7 Å². The lowest BCUT2D eigenvalue weighted by atomic mass is 9.99. The Bertz CT molecular complexity index is 1130. The Morgan fingerprint density at radius 3 is 2.45 bits per heavy atom. The highest BCUT2D eigenvalue weighted by Crippen LogP contribution is 2.44. The summed E-state index contributed by atoms with van der Waals surface area (Å²) in [4.78, 5) is 27.4. The van der Waals surface area contributed by atoms with Crippen LogP contribution in [-0.4, -0.2) is 30.5 Å². The predicted molar refractivity (Wildman–Crippen MR) is 114 cm³/mol. The fourth-order valence-corrected chi connectivity index (χ4v) is 3.66. The zero-order chi connectivity index (χ0) is 22.0. The standard InChI is InChI=1S/C24H21NO6/c1-3-30-16-12-10-15(11-13-16)22(26)20-21(19-9-6-14-31-19)25(24(28)23(20)27)17-7-4-5-8-18(17)29-2/h4-14,21,26H,3H2,1-2H3/b22-20-. The third-order valence-electron chi connectivity index (χ3n) is 5.04. The van der Waals surface area contributed by atoms with Gasteiger partial charge in [-0.25, -0.2) is 0 Å². The number of para-hydroxylation sites is 2. The average molecular weight is 419 g/mol. The number of hydrogen-bond donors (Lipinski definition) is 1. The van der Waals surface area contributed by atoms with Crippen LogP contribution in [0.2, 0.25) is 0 Å². The van der Waals surface area contributed by atoms with E-state index in [0.29, 0.717) is 35.1 Å². The molecule has 0 spiro atoms. The number of Topliss-reactive ketones (excluding diaryl/α,β-unsaturated/α-hetero) is 1. The van der Waals surface area contributed by atoms with Crippen LogP contribution in [0, 0.1) is 0 Å². The first kappa shape index (κ1) is 20.3. The number of ether oxygens (including phenoxy) is 2. The van der Waals surface area contributed by atoms with Crippen molar-refractivity contribution in [2.75, 3.05) is 18.6 Å². The van der Waals surface area contributed by atoms with E-state index in [1.54, 1.807) is 60.7 Å².